The van der Waals surface area contributed by atoms with Gasteiger partial charge in [0.05, 0.1) is 6.04 Å². The quantitative estimate of drug-likeness (QED) is 0.887. The smallest absolute Gasteiger partial charge is 0.0577 e. The fourth-order valence-electron chi connectivity index (χ4n) is 2.27. The molecule has 0 heterocycles. The highest BCUT2D eigenvalue weighted by molar-refractivity contribution is 9.10. The largest absolute Gasteiger partial charge is 0.309 e. The normalized spacial score (nSPS) is 12.4. The van der Waals surface area contributed by atoms with E-state index in [0.29, 0.717) is 0 Å². The third-order valence-electron chi connectivity index (χ3n) is 3.22. The maximum absolute atomic E-state index is 3.55. The van der Waals surface area contributed by atoms with Gasteiger partial charge in [0.2, 0.25) is 0 Å². The minimum absolute atomic E-state index is 0.238. The van der Waals surface area contributed by atoms with E-state index in [4.69, 9.17) is 0 Å². The van der Waals surface area contributed by atoms with Crippen molar-refractivity contribution in [2.75, 3.05) is 7.05 Å². The monoisotopic (exact) mass is 303 g/mol. The summed E-state index contributed by atoms with van der Waals surface area (Å²) in [7, 11) is 2.01. The fourth-order valence-corrected chi connectivity index (χ4v) is 2.65. The lowest BCUT2D eigenvalue weighted by Crippen LogP contribution is -2.18. The first kappa shape index (κ1) is 13.3. The predicted molar refractivity (Wildman–Crippen MR) is 81.0 cm³/mol. The standard InChI is InChI=1S/C16H18BrN/c1-11-5-4-6-13(9-11)16(18-3)15-10-14(17)8-7-12(15)2/h4-10,16,18H,1-3H3. The van der Waals surface area contributed by atoms with E-state index < -0.39 is 0 Å². The van der Waals surface area contributed by atoms with Gasteiger partial charge in [0.25, 0.3) is 0 Å². The van der Waals surface area contributed by atoms with Crippen LogP contribution >= 0.6 is 15.9 Å². The minimum atomic E-state index is 0.238. The van der Waals surface area contributed by atoms with E-state index in [2.05, 4.69) is 77.6 Å². The first-order valence-electron chi connectivity index (χ1n) is 6.11. The van der Waals surface area contributed by atoms with Crippen LogP contribution in [0.25, 0.3) is 0 Å². The van der Waals surface area contributed by atoms with E-state index in [9.17, 15) is 0 Å². The van der Waals surface area contributed by atoms with Crippen molar-refractivity contribution >= 4 is 15.9 Å². The van der Waals surface area contributed by atoms with Crippen LogP contribution in [0, 0.1) is 13.8 Å². The van der Waals surface area contributed by atoms with Crippen molar-refractivity contribution in [2.45, 2.75) is 19.9 Å². The maximum Gasteiger partial charge on any atom is 0.0577 e. The molecular formula is C16H18BrN. The number of aryl methyl sites for hydroxylation is 2. The van der Waals surface area contributed by atoms with Gasteiger partial charge in [0, 0.05) is 4.47 Å². The van der Waals surface area contributed by atoms with Gasteiger partial charge in [-0.1, -0.05) is 51.8 Å². The van der Waals surface area contributed by atoms with E-state index in [1.807, 2.05) is 7.05 Å². The molecule has 94 valence electrons. The van der Waals surface area contributed by atoms with Crippen molar-refractivity contribution in [2.24, 2.45) is 0 Å². The average Bonchev–Trinajstić information content (AvgIpc) is 2.35. The summed E-state index contributed by atoms with van der Waals surface area (Å²) in [5.41, 5.74) is 5.22. The number of nitrogens with one attached hydrogen (secondary N) is 1. The van der Waals surface area contributed by atoms with Crippen molar-refractivity contribution < 1.29 is 0 Å². The fraction of sp³-hybridized carbons (Fsp3) is 0.250. The second-order valence-corrected chi connectivity index (χ2v) is 5.55. The van der Waals surface area contributed by atoms with Crippen LogP contribution in [0.5, 0.6) is 0 Å². The third kappa shape index (κ3) is 2.82. The molecule has 0 aromatic heterocycles. The molecule has 0 bridgehead atoms. The van der Waals surface area contributed by atoms with Gasteiger partial charge in [-0.3, -0.25) is 0 Å². The van der Waals surface area contributed by atoms with Gasteiger partial charge >= 0.3 is 0 Å². The molecule has 0 aliphatic heterocycles. The number of benzene rings is 2. The first-order chi connectivity index (χ1) is 8.61. The molecule has 0 amide bonds. The highest BCUT2D eigenvalue weighted by Crippen LogP contribution is 2.27. The Hall–Kier alpha value is -1.12. The van der Waals surface area contributed by atoms with Crippen LogP contribution in [0.4, 0.5) is 0 Å². The van der Waals surface area contributed by atoms with Crippen molar-refractivity contribution in [1.82, 2.24) is 5.32 Å². The summed E-state index contributed by atoms with van der Waals surface area (Å²) in [5.74, 6) is 0. The van der Waals surface area contributed by atoms with Gasteiger partial charge in [0.15, 0.2) is 0 Å². The van der Waals surface area contributed by atoms with E-state index in [-0.39, 0.29) is 6.04 Å². The topological polar surface area (TPSA) is 12.0 Å². The van der Waals surface area contributed by atoms with Crippen LogP contribution in [0.15, 0.2) is 46.9 Å². The zero-order valence-electron chi connectivity index (χ0n) is 11.0. The SMILES string of the molecule is CNC(c1cccc(C)c1)c1cc(Br)ccc1C. The van der Waals surface area contributed by atoms with Crippen LogP contribution in [0.1, 0.15) is 28.3 Å². The maximum atomic E-state index is 3.55. The van der Waals surface area contributed by atoms with E-state index in [1.165, 1.54) is 22.3 Å². The summed E-state index contributed by atoms with van der Waals surface area (Å²) >= 11 is 3.55. The zero-order valence-corrected chi connectivity index (χ0v) is 12.6. The molecule has 0 aliphatic rings. The highest BCUT2D eigenvalue weighted by atomic mass is 79.9. The van der Waals surface area contributed by atoms with Crippen LogP contribution < -0.4 is 5.32 Å². The Kier molecular flexibility index (Phi) is 4.20. The lowest BCUT2D eigenvalue weighted by Gasteiger charge is -2.20. The Bertz CT molecular complexity index is 549. The van der Waals surface area contributed by atoms with E-state index in [0.717, 1.165) is 4.47 Å². The van der Waals surface area contributed by atoms with Crippen molar-refractivity contribution in [3.63, 3.8) is 0 Å². The molecule has 1 nitrogen and oxygen atoms in total. The van der Waals surface area contributed by atoms with E-state index in [1.54, 1.807) is 0 Å². The molecule has 18 heavy (non-hydrogen) atoms. The van der Waals surface area contributed by atoms with Gasteiger partial charge < -0.3 is 5.32 Å². The van der Waals surface area contributed by atoms with Crippen molar-refractivity contribution in [3.8, 4) is 0 Å². The Morgan fingerprint density at radius 2 is 1.83 bits per heavy atom. The van der Waals surface area contributed by atoms with Gasteiger partial charge in [0.1, 0.15) is 0 Å². The lowest BCUT2D eigenvalue weighted by atomic mass is 9.94. The van der Waals surface area contributed by atoms with Crippen LogP contribution in [-0.2, 0) is 0 Å². The van der Waals surface area contributed by atoms with Gasteiger partial charge in [-0.05, 0) is 49.7 Å². The van der Waals surface area contributed by atoms with Gasteiger partial charge in [-0.15, -0.1) is 0 Å². The predicted octanol–water partition coefficient (Wildman–Crippen LogP) is 4.37. The molecule has 2 aromatic rings. The second kappa shape index (κ2) is 5.68. The lowest BCUT2D eigenvalue weighted by molar-refractivity contribution is 0.686. The Labute approximate surface area is 117 Å². The molecule has 1 atom stereocenters. The molecule has 0 aliphatic carbocycles. The Balaban J connectivity index is 2.48. The first-order valence-corrected chi connectivity index (χ1v) is 6.91. The number of rotatable bonds is 3. The summed E-state index contributed by atoms with van der Waals surface area (Å²) in [6.07, 6.45) is 0. The molecule has 2 aromatic carbocycles. The summed E-state index contributed by atoms with van der Waals surface area (Å²) in [5, 5.41) is 3.41. The average molecular weight is 304 g/mol. The molecular weight excluding hydrogens is 286 g/mol. The number of halogens is 1. The molecule has 0 spiro atoms. The summed E-state index contributed by atoms with van der Waals surface area (Å²) in [6.45, 7) is 4.28. The van der Waals surface area contributed by atoms with Crippen molar-refractivity contribution in [3.05, 3.63) is 69.2 Å². The number of hydrogen-bond donors (Lipinski definition) is 1. The Morgan fingerprint density at radius 1 is 1.06 bits per heavy atom. The third-order valence-corrected chi connectivity index (χ3v) is 3.71. The summed E-state index contributed by atoms with van der Waals surface area (Å²) < 4.78 is 1.12. The molecule has 1 unspecified atom stereocenters. The van der Waals surface area contributed by atoms with Gasteiger partial charge in [-0.2, -0.15) is 0 Å². The van der Waals surface area contributed by atoms with Crippen molar-refractivity contribution in [1.29, 1.82) is 0 Å². The minimum Gasteiger partial charge on any atom is -0.309 e. The molecule has 1 N–H and O–H groups in total. The van der Waals surface area contributed by atoms with E-state index >= 15 is 0 Å². The molecule has 0 saturated heterocycles. The van der Waals surface area contributed by atoms with Crippen LogP contribution in [0.2, 0.25) is 0 Å². The van der Waals surface area contributed by atoms with Crippen LogP contribution in [0.3, 0.4) is 0 Å². The van der Waals surface area contributed by atoms with Crippen LogP contribution in [-0.4, -0.2) is 7.05 Å². The molecule has 2 rings (SSSR count). The Morgan fingerprint density at radius 3 is 2.50 bits per heavy atom. The highest BCUT2D eigenvalue weighted by Gasteiger charge is 2.14. The zero-order chi connectivity index (χ0) is 13.1. The van der Waals surface area contributed by atoms with Gasteiger partial charge in [-0.25, -0.2) is 0 Å². The summed E-state index contributed by atoms with van der Waals surface area (Å²) in [4.78, 5) is 0. The molecule has 0 saturated carbocycles. The molecule has 0 radical (unpaired) electrons. The second-order valence-electron chi connectivity index (χ2n) is 4.64. The molecule has 0 fully saturated rings. The number of hydrogen-bond acceptors (Lipinski definition) is 1. The molecule has 2 heteroatoms. The summed E-state index contributed by atoms with van der Waals surface area (Å²) in [6, 6.07) is 15.3.